The molecule has 2 N–H and O–H groups in total. The zero-order valence-electron chi connectivity index (χ0n) is 20.0. The molecule has 1 heterocycles. The topological polar surface area (TPSA) is 113 Å². The minimum atomic E-state index is -0.682. The molecule has 0 aromatic heterocycles. The summed E-state index contributed by atoms with van der Waals surface area (Å²) < 4.78 is 0. The minimum absolute atomic E-state index is 0.0894. The van der Waals surface area contributed by atoms with Gasteiger partial charge in [-0.2, -0.15) is 5.26 Å². The number of non-ortho nitro benzene ring substituents is 1. The van der Waals surface area contributed by atoms with Crippen molar-refractivity contribution in [3.05, 3.63) is 127 Å². The zero-order chi connectivity index (χ0) is 26.3. The second-order valence-corrected chi connectivity index (χ2v) is 9.70. The molecule has 7 nitrogen and oxygen atoms in total. The van der Waals surface area contributed by atoms with Crippen molar-refractivity contribution in [1.29, 1.82) is 5.26 Å². The number of aryl methyl sites for hydroxylation is 1. The Labute approximate surface area is 219 Å². The standard InChI is InChI=1S/C29H23ClN4O3/c1-17-10-11-22(34(36)37)15-24(17)33-25-13-20(18-6-3-2-4-7-18)14-26(35)28(25)27(23(16-31)29(33)32)19-8-5-9-21(30)12-19/h2-12,15,20,27H,13-14,32H2,1H3/t20-,27+/m1/s1. The molecular formula is C29H23ClN4O3. The van der Waals surface area contributed by atoms with Crippen LogP contribution in [0, 0.1) is 28.4 Å². The van der Waals surface area contributed by atoms with E-state index < -0.39 is 10.8 Å². The number of nitriles is 1. The van der Waals surface area contributed by atoms with Crippen LogP contribution in [0.2, 0.25) is 5.02 Å². The number of nitro groups is 1. The van der Waals surface area contributed by atoms with Crippen LogP contribution in [0.1, 0.15) is 41.4 Å². The highest BCUT2D eigenvalue weighted by atomic mass is 35.5. The van der Waals surface area contributed by atoms with Crippen LogP contribution in [0.4, 0.5) is 11.4 Å². The molecule has 8 heteroatoms. The van der Waals surface area contributed by atoms with Crippen molar-refractivity contribution in [2.24, 2.45) is 5.73 Å². The Morgan fingerprint density at radius 2 is 1.78 bits per heavy atom. The lowest BCUT2D eigenvalue weighted by molar-refractivity contribution is -0.384. The smallest absolute Gasteiger partial charge is 0.271 e. The van der Waals surface area contributed by atoms with E-state index in [-0.39, 0.29) is 35.2 Å². The zero-order valence-corrected chi connectivity index (χ0v) is 20.8. The monoisotopic (exact) mass is 510 g/mol. The first-order valence-corrected chi connectivity index (χ1v) is 12.2. The van der Waals surface area contributed by atoms with E-state index in [2.05, 4.69) is 6.07 Å². The third kappa shape index (κ3) is 4.26. The van der Waals surface area contributed by atoms with Gasteiger partial charge in [0.25, 0.3) is 5.69 Å². The fourth-order valence-electron chi connectivity index (χ4n) is 5.34. The van der Waals surface area contributed by atoms with Gasteiger partial charge in [-0.25, -0.2) is 0 Å². The summed E-state index contributed by atoms with van der Waals surface area (Å²) in [7, 11) is 0. The van der Waals surface area contributed by atoms with Crippen LogP contribution in [-0.4, -0.2) is 10.7 Å². The van der Waals surface area contributed by atoms with E-state index in [1.165, 1.54) is 12.1 Å². The number of ketones is 1. The number of hydrogen-bond donors (Lipinski definition) is 1. The van der Waals surface area contributed by atoms with Gasteiger partial charge in [-0.05, 0) is 48.1 Å². The number of carbonyl (C=O) groups is 1. The Kier molecular flexibility index (Phi) is 6.28. The molecule has 0 saturated carbocycles. The van der Waals surface area contributed by atoms with Crippen LogP contribution in [0.25, 0.3) is 0 Å². The van der Waals surface area contributed by atoms with Crippen molar-refractivity contribution >= 4 is 28.8 Å². The SMILES string of the molecule is Cc1ccc([N+](=O)[O-])cc1N1C(N)=C(C#N)[C@H](c2cccc(Cl)c2)C2=C1C[C@@H](c1ccccc1)CC2=O. The molecule has 0 radical (unpaired) electrons. The minimum Gasteiger partial charge on any atom is -0.384 e. The number of Topliss-reactive ketones (excluding diaryl/α,β-unsaturated/α-hetero) is 1. The fourth-order valence-corrected chi connectivity index (χ4v) is 5.54. The van der Waals surface area contributed by atoms with Crippen LogP contribution in [0.3, 0.4) is 0 Å². The Hall–Kier alpha value is -4.41. The van der Waals surface area contributed by atoms with Gasteiger partial charge in [0.1, 0.15) is 5.82 Å². The molecule has 0 amide bonds. The number of nitrogens with two attached hydrogens (primary N) is 1. The Morgan fingerprint density at radius 3 is 2.46 bits per heavy atom. The summed E-state index contributed by atoms with van der Waals surface area (Å²) in [6.07, 6.45) is 0.754. The lowest BCUT2D eigenvalue weighted by atomic mass is 9.71. The average molecular weight is 511 g/mol. The Balaban J connectivity index is 1.77. The first-order chi connectivity index (χ1) is 17.8. The van der Waals surface area contributed by atoms with Gasteiger partial charge in [0.2, 0.25) is 0 Å². The van der Waals surface area contributed by atoms with Crippen molar-refractivity contribution in [2.75, 3.05) is 4.90 Å². The maximum Gasteiger partial charge on any atom is 0.271 e. The first-order valence-electron chi connectivity index (χ1n) is 11.8. The van der Waals surface area contributed by atoms with Gasteiger partial charge in [0.05, 0.1) is 28.2 Å². The number of nitro benzene ring substituents is 1. The molecule has 3 aromatic carbocycles. The highest BCUT2D eigenvalue weighted by Gasteiger charge is 2.43. The molecule has 2 atom stereocenters. The van der Waals surface area contributed by atoms with Crippen molar-refractivity contribution in [3.63, 3.8) is 0 Å². The number of carbonyl (C=O) groups excluding carboxylic acids is 1. The van der Waals surface area contributed by atoms with Crippen LogP contribution >= 0.6 is 11.6 Å². The molecule has 0 spiro atoms. The van der Waals surface area contributed by atoms with Gasteiger partial charge in [0.15, 0.2) is 5.78 Å². The van der Waals surface area contributed by atoms with Crippen LogP contribution in [0.15, 0.2) is 95.5 Å². The maximum absolute atomic E-state index is 13.9. The molecule has 184 valence electrons. The lowest BCUT2D eigenvalue weighted by Gasteiger charge is -2.42. The van der Waals surface area contributed by atoms with E-state index in [1.807, 2.05) is 43.3 Å². The molecule has 0 saturated heterocycles. The molecule has 5 rings (SSSR count). The van der Waals surface area contributed by atoms with Gasteiger partial charge in [-0.3, -0.25) is 19.8 Å². The predicted molar refractivity (Wildman–Crippen MR) is 142 cm³/mol. The molecule has 3 aromatic rings. The summed E-state index contributed by atoms with van der Waals surface area (Å²) >= 11 is 6.29. The van der Waals surface area contributed by atoms with E-state index in [9.17, 15) is 20.2 Å². The number of anilines is 1. The molecule has 0 unspecified atom stereocenters. The van der Waals surface area contributed by atoms with E-state index in [0.717, 1.165) is 11.1 Å². The number of benzene rings is 3. The molecule has 37 heavy (non-hydrogen) atoms. The number of halogens is 1. The van der Waals surface area contributed by atoms with E-state index in [1.54, 1.807) is 29.2 Å². The summed E-state index contributed by atoms with van der Waals surface area (Å²) in [5, 5.41) is 22.3. The summed E-state index contributed by atoms with van der Waals surface area (Å²) in [4.78, 5) is 26.7. The third-order valence-electron chi connectivity index (χ3n) is 7.06. The number of nitrogens with zero attached hydrogens (tertiary/aromatic N) is 3. The highest BCUT2D eigenvalue weighted by Crippen LogP contribution is 2.50. The van der Waals surface area contributed by atoms with Gasteiger partial charge >= 0.3 is 0 Å². The normalized spacial score (nSPS) is 19.5. The van der Waals surface area contributed by atoms with Crippen LogP contribution in [0.5, 0.6) is 0 Å². The summed E-state index contributed by atoms with van der Waals surface area (Å²) in [6.45, 7) is 1.82. The molecule has 1 aliphatic heterocycles. The predicted octanol–water partition coefficient (Wildman–Crippen LogP) is 6.26. The molecule has 0 bridgehead atoms. The molecular weight excluding hydrogens is 488 g/mol. The van der Waals surface area contributed by atoms with E-state index >= 15 is 0 Å². The van der Waals surface area contributed by atoms with E-state index in [0.29, 0.717) is 34.0 Å². The third-order valence-corrected chi connectivity index (χ3v) is 7.30. The molecule has 1 aliphatic carbocycles. The fraction of sp³-hybridized carbons (Fsp3) is 0.172. The largest absolute Gasteiger partial charge is 0.384 e. The first kappa shape index (κ1) is 24.3. The molecule has 0 fully saturated rings. The van der Waals surface area contributed by atoms with Crippen LogP contribution < -0.4 is 10.6 Å². The Morgan fingerprint density at radius 1 is 1.05 bits per heavy atom. The number of rotatable bonds is 4. The summed E-state index contributed by atoms with van der Waals surface area (Å²) in [5.41, 5.74) is 10.8. The second kappa shape index (κ2) is 9.57. The summed E-state index contributed by atoms with van der Waals surface area (Å²) in [5.74, 6) is -0.728. The van der Waals surface area contributed by atoms with E-state index in [4.69, 9.17) is 17.3 Å². The lowest BCUT2D eigenvalue weighted by Crippen LogP contribution is -2.40. The van der Waals surface area contributed by atoms with Crippen molar-refractivity contribution in [1.82, 2.24) is 0 Å². The van der Waals surface area contributed by atoms with Crippen molar-refractivity contribution in [3.8, 4) is 6.07 Å². The number of hydrogen-bond acceptors (Lipinski definition) is 6. The quantitative estimate of drug-likeness (QED) is 0.327. The van der Waals surface area contributed by atoms with Crippen LogP contribution in [-0.2, 0) is 4.79 Å². The Bertz CT molecular complexity index is 1540. The van der Waals surface area contributed by atoms with Gasteiger partial charge < -0.3 is 5.73 Å². The molecule has 2 aliphatic rings. The average Bonchev–Trinajstić information content (AvgIpc) is 2.89. The van der Waals surface area contributed by atoms with Gasteiger partial charge in [-0.1, -0.05) is 60.1 Å². The highest BCUT2D eigenvalue weighted by molar-refractivity contribution is 6.30. The summed E-state index contributed by atoms with van der Waals surface area (Å²) in [6, 6.07) is 23.6. The van der Waals surface area contributed by atoms with Gasteiger partial charge in [-0.15, -0.1) is 0 Å². The maximum atomic E-state index is 13.9. The number of allylic oxidation sites excluding steroid dienone is 3. The van der Waals surface area contributed by atoms with Crippen molar-refractivity contribution < 1.29 is 9.72 Å². The van der Waals surface area contributed by atoms with Crippen molar-refractivity contribution in [2.45, 2.75) is 31.6 Å². The second-order valence-electron chi connectivity index (χ2n) is 9.26. The van der Waals surface area contributed by atoms with Gasteiger partial charge in [0, 0.05) is 34.8 Å².